The number of nitrogens with zero attached hydrogens (tertiary/aromatic N) is 2. The monoisotopic (exact) mass is 742 g/mol. The van der Waals surface area contributed by atoms with E-state index in [1.165, 1.54) is 36.4 Å². The van der Waals surface area contributed by atoms with Crippen molar-refractivity contribution in [2.75, 3.05) is 10.2 Å². The van der Waals surface area contributed by atoms with Crippen LogP contribution in [0.1, 0.15) is 21.9 Å². The Morgan fingerprint density at radius 2 is 1.64 bits per heavy atom. The molecule has 3 heterocycles. The van der Waals surface area contributed by atoms with Gasteiger partial charge in [0.1, 0.15) is 11.8 Å². The van der Waals surface area contributed by atoms with E-state index in [-0.39, 0.29) is 36.1 Å². The molecule has 1 aromatic heterocycles. The first-order valence-electron chi connectivity index (χ1n) is 13.4. The van der Waals surface area contributed by atoms with Crippen molar-refractivity contribution >= 4 is 85.4 Å². The van der Waals surface area contributed by atoms with Crippen molar-refractivity contribution in [2.24, 2.45) is 11.1 Å². The highest BCUT2D eigenvalue weighted by molar-refractivity contribution is 8.00. The molecule has 3 unspecified atom stereocenters. The zero-order valence-corrected chi connectivity index (χ0v) is 27.3. The highest BCUT2D eigenvalue weighted by atomic mass is 35.5. The van der Waals surface area contributed by atoms with E-state index >= 15 is 0 Å². The maximum Gasteiger partial charge on any atom is 0.418 e. The fourth-order valence-corrected chi connectivity index (χ4v) is 9.27. The van der Waals surface area contributed by atoms with Gasteiger partial charge in [0.05, 0.1) is 37.1 Å². The molecule has 1 fully saturated rings. The molecule has 3 atom stereocenters. The summed E-state index contributed by atoms with van der Waals surface area (Å²) in [6.45, 7) is -0.551. The molecule has 0 radical (unpaired) electrons. The number of carbonyl (C=O) groups excluding carboxylic acids is 3. The summed E-state index contributed by atoms with van der Waals surface area (Å²) in [6.07, 6.45) is -4.88. The SMILES string of the molecule is NS(=O)(=O)c1ccc(NC(=O)Cn2c3c(sc2=O)C(c2cccc(Cl)c2Cl)C2C(=O)N(c4ccccc4C(F)(F)F)C(=O)C2S3)cc1. The fraction of sp³-hybridized carbons (Fsp3) is 0.172. The number of benzene rings is 3. The van der Waals surface area contributed by atoms with Crippen LogP contribution in [0.5, 0.6) is 0 Å². The number of carbonyl (C=O) groups is 3. The zero-order valence-electron chi connectivity index (χ0n) is 23.3. The van der Waals surface area contributed by atoms with Crippen molar-refractivity contribution in [3.8, 4) is 0 Å². The maximum absolute atomic E-state index is 14.0. The molecule has 244 valence electrons. The van der Waals surface area contributed by atoms with Crippen LogP contribution in [-0.4, -0.2) is 36.0 Å². The van der Waals surface area contributed by atoms with Gasteiger partial charge in [-0.3, -0.25) is 23.7 Å². The molecule has 3 N–H and O–H groups in total. The number of para-hydroxylation sites is 1. The number of alkyl halides is 3. The lowest BCUT2D eigenvalue weighted by Crippen LogP contribution is -2.33. The zero-order chi connectivity index (χ0) is 34.0. The Bertz CT molecular complexity index is 2140. The number of halogens is 5. The van der Waals surface area contributed by atoms with Crippen LogP contribution in [0.25, 0.3) is 0 Å². The molecule has 0 spiro atoms. The number of imide groups is 1. The van der Waals surface area contributed by atoms with E-state index in [9.17, 15) is 40.8 Å². The van der Waals surface area contributed by atoms with Gasteiger partial charge in [0.15, 0.2) is 0 Å². The molecular formula is C29H19Cl2F3N4O6S3. The topological polar surface area (TPSA) is 149 Å². The molecule has 18 heteroatoms. The second kappa shape index (κ2) is 12.1. The number of sulfonamides is 1. The first kappa shape index (κ1) is 33.2. The maximum atomic E-state index is 14.0. The molecule has 3 aromatic carbocycles. The Morgan fingerprint density at radius 1 is 0.957 bits per heavy atom. The van der Waals surface area contributed by atoms with E-state index in [2.05, 4.69) is 5.32 Å². The number of amides is 3. The van der Waals surface area contributed by atoms with Gasteiger partial charge in [0.2, 0.25) is 27.7 Å². The smallest absolute Gasteiger partial charge is 0.325 e. The van der Waals surface area contributed by atoms with E-state index in [4.69, 9.17) is 28.3 Å². The molecule has 2 aliphatic rings. The van der Waals surface area contributed by atoms with Crippen LogP contribution >= 0.6 is 46.3 Å². The molecule has 3 amide bonds. The van der Waals surface area contributed by atoms with Crippen molar-refractivity contribution < 1.29 is 36.0 Å². The van der Waals surface area contributed by atoms with Crippen LogP contribution in [-0.2, 0) is 37.1 Å². The molecule has 0 aliphatic carbocycles. The summed E-state index contributed by atoms with van der Waals surface area (Å²) < 4.78 is 66.1. The van der Waals surface area contributed by atoms with Gasteiger partial charge in [-0.15, -0.1) is 0 Å². The Hall–Kier alpha value is -3.67. The van der Waals surface area contributed by atoms with Gasteiger partial charge in [-0.25, -0.2) is 18.5 Å². The Kier molecular flexibility index (Phi) is 8.55. The fourth-order valence-electron chi connectivity index (χ4n) is 5.57. The molecule has 47 heavy (non-hydrogen) atoms. The van der Waals surface area contributed by atoms with Crippen LogP contribution in [0.4, 0.5) is 24.5 Å². The lowest BCUT2D eigenvalue weighted by molar-refractivity contribution is -0.137. The minimum Gasteiger partial charge on any atom is -0.325 e. The van der Waals surface area contributed by atoms with Gasteiger partial charge < -0.3 is 5.32 Å². The lowest BCUT2D eigenvalue weighted by Gasteiger charge is -2.31. The van der Waals surface area contributed by atoms with Crippen LogP contribution in [0, 0.1) is 5.92 Å². The average Bonchev–Trinajstić information content (AvgIpc) is 3.44. The summed E-state index contributed by atoms with van der Waals surface area (Å²) in [5.41, 5.74) is -1.33. The van der Waals surface area contributed by atoms with Crippen molar-refractivity contribution in [3.63, 3.8) is 0 Å². The Morgan fingerprint density at radius 3 is 2.30 bits per heavy atom. The quantitative estimate of drug-likeness (QED) is 0.254. The van der Waals surface area contributed by atoms with Crippen LogP contribution < -0.4 is 20.2 Å². The van der Waals surface area contributed by atoms with Gasteiger partial charge in [-0.1, -0.05) is 70.6 Å². The Balaban J connectivity index is 1.42. The minimum atomic E-state index is -4.88. The first-order chi connectivity index (χ1) is 22.1. The number of anilines is 2. The lowest BCUT2D eigenvalue weighted by atomic mass is 9.83. The molecule has 0 bridgehead atoms. The number of thioether (sulfide) groups is 1. The number of hydrogen-bond donors (Lipinski definition) is 2. The van der Waals surface area contributed by atoms with Crippen molar-refractivity contribution in [2.45, 2.75) is 33.8 Å². The van der Waals surface area contributed by atoms with E-state index < -0.39 is 73.7 Å². The molecular weight excluding hydrogens is 724 g/mol. The number of aromatic nitrogens is 1. The van der Waals surface area contributed by atoms with Crippen molar-refractivity contribution in [3.05, 3.63) is 102 Å². The summed E-state index contributed by atoms with van der Waals surface area (Å²) in [7, 11) is -3.97. The largest absolute Gasteiger partial charge is 0.418 e. The standard InChI is InChI=1S/C29H19Cl2F3N4O6S3/c30-17-6-3-4-15(22(17)31)20-21-23(26(41)38(25(21)40)18-7-2-1-5-16(18)29(32,33)34)45-27-24(20)46-28(42)37(27)12-19(39)36-13-8-10-14(11-9-13)47(35,43)44/h1-11,20-21,23H,12H2,(H,36,39)(H2,35,43,44). The summed E-state index contributed by atoms with van der Waals surface area (Å²) >= 11 is 14.4. The van der Waals surface area contributed by atoms with E-state index in [0.717, 1.165) is 34.5 Å². The van der Waals surface area contributed by atoms with Gasteiger partial charge in [-0.05, 0) is 48.0 Å². The number of primary sulfonamides is 1. The number of fused-ring (bicyclic) bond motifs is 2. The van der Waals surface area contributed by atoms with Crippen LogP contribution in [0.15, 0.2) is 81.4 Å². The summed E-state index contributed by atoms with van der Waals surface area (Å²) in [5.74, 6) is -4.88. The molecule has 4 aromatic rings. The van der Waals surface area contributed by atoms with Gasteiger partial charge in [-0.2, -0.15) is 13.2 Å². The minimum absolute atomic E-state index is 0.0261. The number of nitrogens with two attached hydrogens (primary N) is 1. The predicted molar refractivity (Wildman–Crippen MR) is 170 cm³/mol. The van der Waals surface area contributed by atoms with Crippen molar-refractivity contribution in [1.82, 2.24) is 4.57 Å². The highest BCUT2D eigenvalue weighted by Crippen LogP contribution is 2.56. The first-order valence-corrected chi connectivity index (χ1v) is 17.4. The number of nitrogens with one attached hydrogen (secondary N) is 1. The van der Waals surface area contributed by atoms with E-state index in [1.54, 1.807) is 12.1 Å². The molecule has 2 aliphatic heterocycles. The Labute approximate surface area is 282 Å². The molecule has 6 rings (SSSR count). The van der Waals surface area contributed by atoms with Crippen LogP contribution in [0.3, 0.4) is 0 Å². The van der Waals surface area contributed by atoms with E-state index in [0.29, 0.717) is 16.2 Å². The van der Waals surface area contributed by atoms with Gasteiger partial charge >= 0.3 is 11.0 Å². The summed E-state index contributed by atoms with van der Waals surface area (Å²) in [5, 5.41) is 6.66. The molecule has 1 saturated heterocycles. The highest BCUT2D eigenvalue weighted by Gasteiger charge is 2.58. The second-order valence-corrected chi connectivity index (χ2v) is 14.9. The van der Waals surface area contributed by atoms with Crippen LogP contribution in [0.2, 0.25) is 10.0 Å². The van der Waals surface area contributed by atoms with E-state index in [1.807, 2.05) is 0 Å². The predicted octanol–water partition coefficient (Wildman–Crippen LogP) is 5.32. The third-order valence-electron chi connectivity index (χ3n) is 7.58. The normalized spacial score (nSPS) is 19.4. The number of hydrogen-bond acceptors (Lipinski definition) is 8. The number of thiazole rings is 1. The summed E-state index contributed by atoms with van der Waals surface area (Å²) in [4.78, 5) is 54.4. The molecule has 10 nitrogen and oxygen atoms in total. The number of rotatable bonds is 6. The second-order valence-electron chi connectivity index (χ2n) is 10.5. The van der Waals surface area contributed by atoms with Gasteiger partial charge in [0.25, 0.3) is 0 Å². The third-order valence-corrected chi connectivity index (χ3v) is 12.0. The van der Waals surface area contributed by atoms with Gasteiger partial charge in [0, 0.05) is 16.5 Å². The average molecular weight is 744 g/mol. The molecule has 0 saturated carbocycles. The van der Waals surface area contributed by atoms with Crippen molar-refractivity contribution in [1.29, 1.82) is 0 Å². The third kappa shape index (κ3) is 5.98. The summed E-state index contributed by atoms with van der Waals surface area (Å²) in [6, 6.07) is 13.8.